The predicted molar refractivity (Wildman–Crippen MR) is 97.7 cm³/mol. The second-order valence-electron chi connectivity index (χ2n) is 6.90. The minimum absolute atomic E-state index is 0.0874. The van der Waals surface area contributed by atoms with E-state index in [-0.39, 0.29) is 6.03 Å². The van der Waals surface area contributed by atoms with E-state index in [0.717, 1.165) is 44.5 Å². The number of carbonyl (C=O) groups excluding carboxylic acids is 1. The second kappa shape index (κ2) is 8.38. The maximum absolute atomic E-state index is 12.1. The highest BCUT2D eigenvalue weighted by atomic mass is 16.5. The average Bonchev–Trinajstić information content (AvgIpc) is 2.63. The molecule has 3 rings (SSSR count). The first-order valence-electron chi connectivity index (χ1n) is 9.20. The molecule has 0 aromatic heterocycles. The minimum Gasteiger partial charge on any atom is -0.381 e. The number of piperidine rings is 1. The van der Waals surface area contributed by atoms with E-state index in [4.69, 9.17) is 4.74 Å². The van der Waals surface area contributed by atoms with Gasteiger partial charge in [-0.3, -0.25) is 0 Å². The van der Waals surface area contributed by atoms with Gasteiger partial charge in [-0.1, -0.05) is 19.3 Å². The summed E-state index contributed by atoms with van der Waals surface area (Å²) in [6.45, 7) is 2.04. The van der Waals surface area contributed by atoms with E-state index in [1.165, 1.54) is 24.9 Å². The smallest absolute Gasteiger partial charge is 0.319 e. The maximum atomic E-state index is 12.1. The van der Waals surface area contributed by atoms with Gasteiger partial charge < -0.3 is 20.3 Å². The minimum atomic E-state index is -0.0874. The van der Waals surface area contributed by atoms with Crippen LogP contribution in [0.4, 0.5) is 16.2 Å². The summed E-state index contributed by atoms with van der Waals surface area (Å²) >= 11 is 0. The predicted octanol–water partition coefficient (Wildman–Crippen LogP) is 3.76. The van der Waals surface area contributed by atoms with Gasteiger partial charge in [0.2, 0.25) is 0 Å². The lowest BCUT2D eigenvalue weighted by atomic mass is 9.96. The van der Waals surface area contributed by atoms with Gasteiger partial charge in [0.05, 0.1) is 6.10 Å². The molecule has 0 bridgehead atoms. The Kier molecular flexibility index (Phi) is 5.96. The molecule has 2 fully saturated rings. The summed E-state index contributed by atoms with van der Waals surface area (Å²) in [6.07, 6.45) is 8.47. The van der Waals surface area contributed by atoms with Crippen molar-refractivity contribution in [1.29, 1.82) is 0 Å². The molecule has 5 nitrogen and oxygen atoms in total. The molecule has 132 valence electrons. The SMILES string of the molecule is COC1CCN(c2ccc(NC(=O)NC3CCCCC3)cc2)CC1. The number of ether oxygens (including phenoxy) is 1. The van der Waals surface area contributed by atoms with Crippen molar-refractivity contribution >= 4 is 17.4 Å². The molecule has 1 aromatic carbocycles. The van der Waals surface area contributed by atoms with Gasteiger partial charge in [-0.15, -0.1) is 0 Å². The molecule has 0 radical (unpaired) electrons. The van der Waals surface area contributed by atoms with Crippen molar-refractivity contribution in [1.82, 2.24) is 5.32 Å². The lowest BCUT2D eigenvalue weighted by Gasteiger charge is -2.33. The Bertz CT molecular complexity index is 518. The topological polar surface area (TPSA) is 53.6 Å². The molecule has 2 aliphatic rings. The molecule has 0 atom stereocenters. The second-order valence-corrected chi connectivity index (χ2v) is 6.90. The largest absolute Gasteiger partial charge is 0.381 e. The van der Waals surface area contributed by atoms with Gasteiger partial charge in [-0.05, 0) is 49.9 Å². The highest BCUT2D eigenvalue weighted by Crippen LogP contribution is 2.23. The van der Waals surface area contributed by atoms with Crippen LogP contribution in [0, 0.1) is 0 Å². The summed E-state index contributed by atoms with van der Waals surface area (Å²) in [5, 5.41) is 6.03. The summed E-state index contributed by atoms with van der Waals surface area (Å²) in [4.78, 5) is 14.5. The first kappa shape index (κ1) is 17.1. The number of benzene rings is 1. The van der Waals surface area contributed by atoms with E-state index in [0.29, 0.717) is 12.1 Å². The summed E-state index contributed by atoms with van der Waals surface area (Å²) in [6, 6.07) is 8.39. The Balaban J connectivity index is 1.48. The molecule has 1 aliphatic carbocycles. The molecule has 1 saturated heterocycles. The molecule has 1 heterocycles. The zero-order chi connectivity index (χ0) is 16.8. The van der Waals surface area contributed by atoms with Crippen LogP contribution >= 0.6 is 0 Å². The Morgan fingerprint density at radius 3 is 2.33 bits per heavy atom. The van der Waals surface area contributed by atoms with E-state index in [1.54, 1.807) is 7.11 Å². The van der Waals surface area contributed by atoms with Crippen molar-refractivity contribution in [2.75, 3.05) is 30.4 Å². The fourth-order valence-corrected chi connectivity index (χ4v) is 3.70. The number of anilines is 2. The number of hydrogen-bond acceptors (Lipinski definition) is 3. The zero-order valence-electron chi connectivity index (χ0n) is 14.6. The fraction of sp³-hybridized carbons (Fsp3) is 0.632. The third-order valence-electron chi connectivity index (χ3n) is 5.21. The van der Waals surface area contributed by atoms with Crippen LogP contribution in [0.1, 0.15) is 44.9 Å². The number of nitrogens with one attached hydrogen (secondary N) is 2. The Labute approximate surface area is 144 Å². The third-order valence-corrected chi connectivity index (χ3v) is 5.21. The van der Waals surface area contributed by atoms with E-state index < -0.39 is 0 Å². The average molecular weight is 331 g/mol. The molecule has 1 saturated carbocycles. The summed E-state index contributed by atoms with van der Waals surface area (Å²) in [7, 11) is 1.79. The van der Waals surface area contributed by atoms with Crippen molar-refractivity contribution in [3.63, 3.8) is 0 Å². The van der Waals surface area contributed by atoms with Crippen LogP contribution in [0.2, 0.25) is 0 Å². The van der Waals surface area contributed by atoms with E-state index in [9.17, 15) is 4.79 Å². The molecule has 0 spiro atoms. The summed E-state index contributed by atoms with van der Waals surface area (Å²) in [5.41, 5.74) is 2.06. The van der Waals surface area contributed by atoms with Gasteiger partial charge in [0.15, 0.2) is 0 Å². The first-order valence-corrected chi connectivity index (χ1v) is 9.20. The van der Waals surface area contributed by atoms with Crippen molar-refractivity contribution in [3.8, 4) is 0 Å². The third kappa shape index (κ3) is 4.63. The fourth-order valence-electron chi connectivity index (χ4n) is 3.70. The molecule has 1 aromatic rings. The number of methoxy groups -OCH3 is 1. The van der Waals surface area contributed by atoms with E-state index >= 15 is 0 Å². The van der Waals surface area contributed by atoms with Crippen LogP contribution in [0.5, 0.6) is 0 Å². The Morgan fingerprint density at radius 2 is 1.71 bits per heavy atom. The highest BCUT2D eigenvalue weighted by Gasteiger charge is 2.19. The van der Waals surface area contributed by atoms with Gasteiger partial charge in [-0.2, -0.15) is 0 Å². The van der Waals surface area contributed by atoms with Crippen LogP contribution in [0.3, 0.4) is 0 Å². The molecule has 2 N–H and O–H groups in total. The van der Waals surface area contributed by atoms with Crippen LogP contribution in [-0.2, 0) is 4.74 Å². The number of carbonyl (C=O) groups is 1. The number of urea groups is 1. The summed E-state index contributed by atoms with van der Waals surface area (Å²) < 4.78 is 5.42. The van der Waals surface area contributed by atoms with Gasteiger partial charge in [0.25, 0.3) is 0 Å². The first-order chi connectivity index (χ1) is 11.7. The van der Waals surface area contributed by atoms with E-state index in [2.05, 4.69) is 27.7 Å². The lowest BCUT2D eigenvalue weighted by molar-refractivity contribution is 0.0819. The Morgan fingerprint density at radius 1 is 1.04 bits per heavy atom. The van der Waals surface area contributed by atoms with Gasteiger partial charge in [0, 0.05) is 37.6 Å². The number of rotatable bonds is 4. The standard InChI is InChI=1S/C19H29N3O2/c1-24-18-11-13-22(14-12-18)17-9-7-16(8-10-17)21-19(23)20-15-5-3-2-4-6-15/h7-10,15,18H,2-6,11-14H2,1H3,(H2,20,21,23). The normalized spacial score (nSPS) is 20.0. The molecule has 24 heavy (non-hydrogen) atoms. The van der Waals surface area contributed by atoms with Crippen molar-refractivity contribution in [2.24, 2.45) is 0 Å². The lowest BCUT2D eigenvalue weighted by Crippen LogP contribution is -2.39. The van der Waals surface area contributed by atoms with Crippen LogP contribution in [0.15, 0.2) is 24.3 Å². The van der Waals surface area contributed by atoms with Crippen molar-refractivity contribution < 1.29 is 9.53 Å². The van der Waals surface area contributed by atoms with Crippen molar-refractivity contribution in [2.45, 2.75) is 57.1 Å². The molecular weight excluding hydrogens is 302 g/mol. The van der Waals surface area contributed by atoms with Crippen LogP contribution < -0.4 is 15.5 Å². The highest BCUT2D eigenvalue weighted by molar-refractivity contribution is 5.89. The monoisotopic (exact) mass is 331 g/mol. The Hall–Kier alpha value is -1.75. The van der Waals surface area contributed by atoms with Gasteiger partial charge >= 0.3 is 6.03 Å². The van der Waals surface area contributed by atoms with Crippen LogP contribution in [0.25, 0.3) is 0 Å². The molecule has 0 unspecified atom stereocenters. The molecule has 1 aliphatic heterocycles. The number of hydrogen-bond donors (Lipinski definition) is 2. The van der Waals surface area contributed by atoms with Crippen molar-refractivity contribution in [3.05, 3.63) is 24.3 Å². The summed E-state index contributed by atoms with van der Waals surface area (Å²) in [5.74, 6) is 0. The number of amides is 2. The van der Waals surface area contributed by atoms with E-state index in [1.807, 2.05) is 12.1 Å². The van der Waals surface area contributed by atoms with Gasteiger partial charge in [0.1, 0.15) is 0 Å². The zero-order valence-corrected chi connectivity index (χ0v) is 14.6. The molecule has 2 amide bonds. The molecule has 5 heteroatoms. The maximum Gasteiger partial charge on any atom is 0.319 e. The van der Waals surface area contributed by atoms with Gasteiger partial charge in [-0.25, -0.2) is 4.79 Å². The van der Waals surface area contributed by atoms with Crippen LogP contribution in [-0.4, -0.2) is 38.4 Å². The quantitative estimate of drug-likeness (QED) is 0.883. The molecular formula is C19H29N3O2. The number of nitrogens with zero attached hydrogens (tertiary/aromatic N) is 1.